The molecule has 0 saturated heterocycles. The van der Waals surface area contributed by atoms with E-state index >= 15 is 0 Å². The van der Waals surface area contributed by atoms with Gasteiger partial charge in [0, 0.05) is 17.7 Å². The number of aryl methyl sites for hydroxylation is 2. The molecular weight excluding hydrogens is 346 g/mol. The average molecular weight is 365 g/mol. The topological polar surface area (TPSA) is 93.8 Å². The lowest BCUT2D eigenvalue weighted by Crippen LogP contribution is -2.20. The van der Waals surface area contributed by atoms with Crippen LogP contribution in [-0.4, -0.2) is 23.7 Å². The van der Waals surface area contributed by atoms with Gasteiger partial charge in [-0.05, 0) is 31.0 Å². The maximum Gasteiger partial charge on any atom is 0.270 e. The summed E-state index contributed by atoms with van der Waals surface area (Å²) < 4.78 is 5.34. The maximum absolute atomic E-state index is 12.1. The van der Waals surface area contributed by atoms with Gasteiger partial charge in [-0.1, -0.05) is 29.7 Å². The standard InChI is InChI=1S/C20H19N3O4/c1-4-9-27-19-8-7-18(23(25)26)11-17(19)13-21-22-20(24)12-16-6-5-14(2)10-15(16)3/h1,5-8,10-11,13H,9,12H2,2-3H3,(H,22,24)/b21-13+. The molecule has 0 bridgehead atoms. The Morgan fingerprint density at radius 3 is 2.78 bits per heavy atom. The van der Waals surface area contributed by atoms with Crippen LogP contribution in [-0.2, 0) is 11.2 Å². The van der Waals surface area contributed by atoms with Crippen molar-refractivity contribution < 1.29 is 14.5 Å². The van der Waals surface area contributed by atoms with Gasteiger partial charge >= 0.3 is 0 Å². The van der Waals surface area contributed by atoms with Crippen molar-refractivity contribution in [2.45, 2.75) is 20.3 Å². The first kappa shape index (κ1) is 19.7. The van der Waals surface area contributed by atoms with Crippen LogP contribution < -0.4 is 10.2 Å². The zero-order valence-electron chi connectivity index (χ0n) is 15.1. The lowest BCUT2D eigenvalue weighted by atomic mass is 10.0. The van der Waals surface area contributed by atoms with Gasteiger partial charge in [0.15, 0.2) is 0 Å². The molecule has 0 aromatic heterocycles. The summed E-state index contributed by atoms with van der Waals surface area (Å²) in [6.07, 6.45) is 6.64. The molecule has 1 amide bonds. The second kappa shape index (κ2) is 9.15. The van der Waals surface area contributed by atoms with Crippen LogP contribution in [0.25, 0.3) is 0 Å². The second-order valence-corrected chi connectivity index (χ2v) is 5.87. The quantitative estimate of drug-likeness (QED) is 0.353. The summed E-state index contributed by atoms with van der Waals surface area (Å²) in [6.45, 7) is 3.94. The van der Waals surface area contributed by atoms with Crippen LogP contribution in [0.1, 0.15) is 22.3 Å². The number of benzene rings is 2. The third-order valence-electron chi connectivity index (χ3n) is 3.76. The number of ether oxygens (including phenoxy) is 1. The molecule has 0 fully saturated rings. The molecule has 0 aliphatic carbocycles. The van der Waals surface area contributed by atoms with Gasteiger partial charge in [0.05, 0.1) is 17.6 Å². The van der Waals surface area contributed by atoms with E-state index in [1.807, 2.05) is 32.0 Å². The number of nitrogens with one attached hydrogen (secondary N) is 1. The molecule has 0 unspecified atom stereocenters. The van der Waals surface area contributed by atoms with Crippen molar-refractivity contribution in [1.29, 1.82) is 0 Å². The van der Waals surface area contributed by atoms with Crippen molar-refractivity contribution in [3.05, 3.63) is 68.8 Å². The van der Waals surface area contributed by atoms with Gasteiger partial charge < -0.3 is 4.74 Å². The molecule has 2 aromatic rings. The van der Waals surface area contributed by atoms with Crippen molar-refractivity contribution in [2.75, 3.05) is 6.61 Å². The highest BCUT2D eigenvalue weighted by Gasteiger charge is 2.11. The number of amides is 1. The van der Waals surface area contributed by atoms with Crippen molar-refractivity contribution >= 4 is 17.8 Å². The third-order valence-corrected chi connectivity index (χ3v) is 3.76. The summed E-state index contributed by atoms with van der Waals surface area (Å²) in [5.74, 6) is 2.36. The molecule has 1 N–H and O–H groups in total. The maximum atomic E-state index is 12.1. The number of nitro benzene ring substituents is 1. The molecule has 0 atom stereocenters. The van der Waals surface area contributed by atoms with Crippen molar-refractivity contribution in [1.82, 2.24) is 5.43 Å². The van der Waals surface area contributed by atoms with Crippen molar-refractivity contribution in [3.63, 3.8) is 0 Å². The van der Waals surface area contributed by atoms with Gasteiger partial charge in [0.25, 0.3) is 5.69 Å². The highest BCUT2D eigenvalue weighted by molar-refractivity contribution is 5.86. The van der Waals surface area contributed by atoms with Crippen LogP contribution in [0.5, 0.6) is 5.75 Å². The number of carbonyl (C=O) groups excluding carboxylic acids is 1. The number of nitrogens with zero attached hydrogens (tertiary/aromatic N) is 2. The Morgan fingerprint density at radius 2 is 2.11 bits per heavy atom. The molecule has 7 heteroatoms. The van der Waals surface area contributed by atoms with E-state index < -0.39 is 4.92 Å². The highest BCUT2D eigenvalue weighted by Crippen LogP contribution is 2.22. The number of hydrazone groups is 1. The molecule has 0 aliphatic rings. The lowest BCUT2D eigenvalue weighted by Gasteiger charge is -2.07. The lowest BCUT2D eigenvalue weighted by molar-refractivity contribution is -0.384. The smallest absolute Gasteiger partial charge is 0.270 e. The molecular formula is C20H19N3O4. The minimum Gasteiger partial charge on any atom is -0.480 e. The first-order valence-corrected chi connectivity index (χ1v) is 8.13. The van der Waals surface area contributed by atoms with Gasteiger partial charge in [-0.25, -0.2) is 5.43 Å². The third kappa shape index (κ3) is 5.68. The van der Waals surface area contributed by atoms with E-state index in [0.29, 0.717) is 11.3 Å². The second-order valence-electron chi connectivity index (χ2n) is 5.87. The van der Waals surface area contributed by atoms with Crippen LogP contribution in [0.4, 0.5) is 5.69 Å². The normalized spacial score (nSPS) is 10.4. The highest BCUT2D eigenvalue weighted by atomic mass is 16.6. The van der Waals surface area contributed by atoms with E-state index in [9.17, 15) is 14.9 Å². The van der Waals surface area contributed by atoms with Gasteiger partial charge in [-0.2, -0.15) is 5.10 Å². The van der Waals surface area contributed by atoms with Crippen molar-refractivity contribution in [2.24, 2.45) is 5.10 Å². The Hall–Kier alpha value is -3.66. The fourth-order valence-electron chi connectivity index (χ4n) is 2.43. The fourth-order valence-corrected chi connectivity index (χ4v) is 2.43. The number of hydrogen-bond donors (Lipinski definition) is 1. The Balaban J connectivity index is 2.09. The number of terminal acetylenes is 1. The molecule has 138 valence electrons. The van der Waals surface area contributed by atoms with E-state index in [-0.39, 0.29) is 24.6 Å². The van der Waals surface area contributed by atoms with E-state index in [4.69, 9.17) is 11.2 Å². The fraction of sp³-hybridized carbons (Fsp3) is 0.200. The van der Waals surface area contributed by atoms with E-state index in [0.717, 1.165) is 16.7 Å². The number of non-ortho nitro benzene ring substituents is 1. The molecule has 0 aliphatic heterocycles. The molecule has 0 saturated carbocycles. The minimum atomic E-state index is -0.527. The van der Waals surface area contributed by atoms with E-state index in [1.54, 1.807) is 0 Å². The van der Waals surface area contributed by atoms with Gasteiger partial charge in [-0.3, -0.25) is 14.9 Å². The first-order valence-electron chi connectivity index (χ1n) is 8.13. The Morgan fingerprint density at radius 1 is 1.33 bits per heavy atom. The van der Waals surface area contributed by atoms with Gasteiger partial charge in [0.2, 0.25) is 5.91 Å². The summed E-state index contributed by atoms with van der Waals surface area (Å²) in [5, 5.41) is 14.8. The molecule has 2 aromatic carbocycles. The zero-order valence-corrected chi connectivity index (χ0v) is 15.1. The zero-order chi connectivity index (χ0) is 19.8. The molecule has 2 rings (SSSR count). The van der Waals surface area contributed by atoms with Crippen LogP contribution in [0.2, 0.25) is 0 Å². The number of carbonyl (C=O) groups is 1. The molecule has 0 heterocycles. The summed E-state index contributed by atoms with van der Waals surface area (Å²) in [5.41, 5.74) is 5.69. The van der Waals surface area contributed by atoms with Crippen LogP contribution in [0.3, 0.4) is 0 Å². The van der Waals surface area contributed by atoms with E-state index in [2.05, 4.69) is 16.4 Å². The number of nitro groups is 1. The van der Waals surface area contributed by atoms with Crippen LogP contribution in [0, 0.1) is 36.3 Å². The Bertz CT molecular complexity index is 929. The summed E-state index contributed by atoms with van der Waals surface area (Å²) in [7, 11) is 0. The minimum absolute atomic E-state index is 0.0116. The summed E-state index contributed by atoms with van der Waals surface area (Å²) in [6, 6.07) is 9.89. The largest absolute Gasteiger partial charge is 0.480 e. The number of rotatable bonds is 7. The molecule has 0 spiro atoms. The summed E-state index contributed by atoms with van der Waals surface area (Å²) >= 11 is 0. The van der Waals surface area contributed by atoms with Crippen LogP contribution >= 0.6 is 0 Å². The SMILES string of the molecule is C#CCOc1ccc([N+](=O)[O-])cc1/C=N/NC(=O)Cc1ccc(C)cc1C. The summed E-state index contributed by atoms with van der Waals surface area (Å²) in [4.78, 5) is 22.5. The Labute approximate surface area is 157 Å². The monoisotopic (exact) mass is 365 g/mol. The number of hydrogen-bond acceptors (Lipinski definition) is 5. The van der Waals surface area contributed by atoms with Gasteiger partial charge in [0.1, 0.15) is 12.4 Å². The predicted octanol–water partition coefficient (Wildman–Crippen LogP) is 2.92. The van der Waals surface area contributed by atoms with Gasteiger partial charge in [-0.15, -0.1) is 6.42 Å². The molecule has 7 nitrogen and oxygen atoms in total. The Kier molecular flexibility index (Phi) is 6.67. The predicted molar refractivity (Wildman–Crippen MR) is 103 cm³/mol. The molecule has 0 radical (unpaired) electrons. The van der Waals surface area contributed by atoms with Crippen molar-refractivity contribution in [3.8, 4) is 18.1 Å². The van der Waals surface area contributed by atoms with Crippen LogP contribution in [0.15, 0.2) is 41.5 Å². The van der Waals surface area contributed by atoms with E-state index in [1.165, 1.54) is 24.4 Å². The average Bonchev–Trinajstić information content (AvgIpc) is 2.62. The first-order chi connectivity index (χ1) is 12.9. The molecule has 27 heavy (non-hydrogen) atoms.